The summed E-state index contributed by atoms with van der Waals surface area (Å²) in [6.07, 6.45) is 3.29. The van der Waals surface area contributed by atoms with Gasteiger partial charge in [0.25, 0.3) is 0 Å². The van der Waals surface area contributed by atoms with Crippen molar-refractivity contribution in [2.45, 2.75) is 0 Å². The maximum atomic E-state index is 9.82. The first-order valence-corrected chi connectivity index (χ1v) is 8.61. The molecule has 8 heteroatoms. The Morgan fingerprint density at radius 3 is 2.85 bits per heavy atom. The average Bonchev–Trinajstić information content (AvgIpc) is 2.72. The predicted molar refractivity (Wildman–Crippen MR) is 102 cm³/mol. The molecule has 1 aliphatic heterocycles. The normalized spacial score (nSPS) is 14.8. The van der Waals surface area contributed by atoms with Crippen molar-refractivity contribution in [2.24, 2.45) is 5.16 Å². The lowest BCUT2D eigenvalue weighted by Crippen LogP contribution is -2.37. The van der Waals surface area contributed by atoms with Crippen molar-refractivity contribution < 1.29 is 14.7 Å². The van der Waals surface area contributed by atoms with Crippen LogP contribution in [0, 0.1) is 0 Å². The quantitative estimate of drug-likeness (QED) is 0.560. The van der Waals surface area contributed by atoms with E-state index in [4.69, 9.17) is 14.6 Å². The topological polar surface area (TPSA) is 93.0 Å². The molecular weight excluding hydrogens is 346 g/mol. The largest absolute Gasteiger partial charge is 0.508 e. The van der Waals surface area contributed by atoms with E-state index in [0.29, 0.717) is 24.6 Å². The summed E-state index contributed by atoms with van der Waals surface area (Å²) >= 11 is 0. The van der Waals surface area contributed by atoms with Crippen molar-refractivity contribution in [3.05, 3.63) is 42.1 Å². The molecule has 1 saturated heterocycles. The monoisotopic (exact) mass is 365 g/mol. The number of phenolic OH excluding ortho intramolecular Hbond substituents is 1. The zero-order valence-corrected chi connectivity index (χ0v) is 14.9. The van der Waals surface area contributed by atoms with Crippen molar-refractivity contribution in [1.29, 1.82) is 0 Å². The molecule has 0 saturated carbocycles. The molecule has 8 nitrogen and oxygen atoms in total. The van der Waals surface area contributed by atoms with Gasteiger partial charge in [-0.1, -0.05) is 17.3 Å². The molecule has 0 radical (unpaired) electrons. The first kappa shape index (κ1) is 17.2. The minimum Gasteiger partial charge on any atom is -0.508 e. The van der Waals surface area contributed by atoms with Gasteiger partial charge in [0, 0.05) is 30.4 Å². The fraction of sp³-hybridized carbons (Fsp3) is 0.263. The number of benzene rings is 1. The molecular formula is C19H19N5O3. The lowest BCUT2D eigenvalue weighted by Gasteiger charge is -2.28. The lowest BCUT2D eigenvalue weighted by molar-refractivity contribution is 0.122. The Balaban J connectivity index is 1.88. The van der Waals surface area contributed by atoms with E-state index >= 15 is 0 Å². The minimum absolute atomic E-state index is 0.170. The predicted octanol–water partition coefficient (Wildman–Crippen LogP) is 2.21. The lowest BCUT2D eigenvalue weighted by atomic mass is 10.2. The number of fused-ring (bicyclic) bond motifs is 1. The van der Waals surface area contributed by atoms with Gasteiger partial charge in [-0.25, -0.2) is 9.97 Å². The molecule has 0 amide bonds. The van der Waals surface area contributed by atoms with Crippen LogP contribution in [0.2, 0.25) is 0 Å². The standard InChI is InChI=1S/C19H19N5O3/c1-26-21-12-13-9-16-17(20-11-13)19(24-5-7-27-8-6-24)23-18(22-16)14-3-2-4-15(25)10-14/h2-4,9-12,25H,5-8H2,1H3. The van der Waals surface area contributed by atoms with Crippen molar-refractivity contribution >= 4 is 23.1 Å². The van der Waals surface area contributed by atoms with Crippen molar-refractivity contribution in [2.75, 3.05) is 38.3 Å². The summed E-state index contributed by atoms with van der Waals surface area (Å²) < 4.78 is 5.46. The Bertz CT molecular complexity index is 986. The molecule has 27 heavy (non-hydrogen) atoms. The fourth-order valence-electron chi connectivity index (χ4n) is 2.97. The Morgan fingerprint density at radius 2 is 2.07 bits per heavy atom. The number of anilines is 1. The van der Waals surface area contributed by atoms with Crippen LogP contribution in [0.3, 0.4) is 0 Å². The molecule has 0 aliphatic carbocycles. The number of pyridine rings is 1. The number of nitrogens with zero attached hydrogens (tertiary/aromatic N) is 5. The van der Waals surface area contributed by atoms with Gasteiger partial charge in [-0.05, 0) is 18.2 Å². The fourth-order valence-corrected chi connectivity index (χ4v) is 2.97. The van der Waals surface area contributed by atoms with Gasteiger partial charge in [-0.2, -0.15) is 0 Å². The van der Waals surface area contributed by atoms with Gasteiger partial charge in [-0.3, -0.25) is 4.98 Å². The number of hydrogen-bond acceptors (Lipinski definition) is 8. The zero-order valence-electron chi connectivity index (χ0n) is 14.9. The van der Waals surface area contributed by atoms with E-state index in [0.717, 1.165) is 35.6 Å². The van der Waals surface area contributed by atoms with Crippen LogP contribution in [-0.2, 0) is 9.57 Å². The van der Waals surface area contributed by atoms with Crippen LogP contribution in [0.5, 0.6) is 5.75 Å². The first-order valence-electron chi connectivity index (χ1n) is 8.61. The molecule has 1 aliphatic rings. The third kappa shape index (κ3) is 3.65. The summed E-state index contributed by atoms with van der Waals surface area (Å²) in [5.74, 6) is 1.46. The number of rotatable bonds is 4. The molecule has 0 spiro atoms. The van der Waals surface area contributed by atoms with E-state index < -0.39 is 0 Å². The van der Waals surface area contributed by atoms with Crippen LogP contribution >= 0.6 is 0 Å². The van der Waals surface area contributed by atoms with Crippen molar-refractivity contribution in [3.63, 3.8) is 0 Å². The average molecular weight is 365 g/mol. The molecule has 1 aromatic carbocycles. The van der Waals surface area contributed by atoms with Crippen LogP contribution in [0.4, 0.5) is 5.82 Å². The molecule has 0 bridgehead atoms. The Labute approximate surface area is 156 Å². The molecule has 1 N–H and O–H groups in total. The van der Waals surface area contributed by atoms with Crippen molar-refractivity contribution in [3.8, 4) is 17.1 Å². The van der Waals surface area contributed by atoms with Crippen LogP contribution in [0.25, 0.3) is 22.4 Å². The highest BCUT2D eigenvalue weighted by Crippen LogP contribution is 2.28. The Kier molecular flexibility index (Phi) is 4.80. The van der Waals surface area contributed by atoms with E-state index in [9.17, 15) is 5.11 Å². The summed E-state index contributed by atoms with van der Waals surface area (Å²) in [4.78, 5) is 20.9. The second kappa shape index (κ2) is 7.55. The SMILES string of the molecule is CON=Cc1cnc2c(N3CCOCC3)nc(-c3cccc(O)c3)nc2c1. The van der Waals surface area contributed by atoms with Gasteiger partial charge in [0.05, 0.1) is 24.9 Å². The van der Waals surface area contributed by atoms with Crippen molar-refractivity contribution in [1.82, 2.24) is 15.0 Å². The number of aromatic hydroxyl groups is 1. The maximum absolute atomic E-state index is 9.82. The van der Waals surface area contributed by atoms with E-state index in [1.807, 2.05) is 12.1 Å². The van der Waals surface area contributed by atoms with E-state index in [1.165, 1.54) is 7.11 Å². The number of morpholine rings is 1. The van der Waals surface area contributed by atoms with Crippen LogP contribution in [-0.4, -0.2) is 59.7 Å². The van der Waals surface area contributed by atoms with E-state index in [-0.39, 0.29) is 5.75 Å². The zero-order chi connectivity index (χ0) is 18.6. The summed E-state index contributed by atoms with van der Waals surface area (Å²) in [5, 5.41) is 13.6. The number of aromatic nitrogens is 3. The Hall–Kier alpha value is -3.26. The molecule has 3 aromatic rings. The van der Waals surface area contributed by atoms with Gasteiger partial charge >= 0.3 is 0 Å². The number of ether oxygens (including phenoxy) is 1. The highest BCUT2D eigenvalue weighted by Gasteiger charge is 2.19. The maximum Gasteiger partial charge on any atom is 0.162 e. The van der Waals surface area contributed by atoms with Crippen LogP contribution in [0.15, 0.2) is 41.7 Å². The summed E-state index contributed by atoms with van der Waals surface area (Å²) in [6.45, 7) is 2.76. The summed E-state index contributed by atoms with van der Waals surface area (Å²) in [7, 11) is 1.49. The number of hydrogen-bond donors (Lipinski definition) is 1. The van der Waals surface area contributed by atoms with Gasteiger partial charge in [0.15, 0.2) is 11.6 Å². The Morgan fingerprint density at radius 1 is 1.22 bits per heavy atom. The summed E-state index contributed by atoms with van der Waals surface area (Å²) in [6, 6.07) is 8.80. The van der Waals surface area contributed by atoms with Gasteiger partial charge in [-0.15, -0.1) is 0 Å². The minimum atomic E-state index is 0.170. The molecule has 0 atom stereocenters. The smallest absolute Gasteiger partial charge is 0.162 e. The molecule has 3 heterocycles. The van der Waals surface area contributed by atoms with Gasteiger partial charge in [0.2, 0.25) is 0 Å². The second-order valence-corrected chi connectivity index (χ2v) is 6.07. The highest BCUT2D eigenvalue weighted by atomic mass is 16.6. The molecule has 138 valence electrons. The molecule has 1 fully saturated rings. The second-order valence-electron chi connectivity index (χ2n) is 6.07. The highest BCUT2D eigenvalue weighted by molar-refractivity contribution is 5.91. The number of oxime groups is 1. The van der Waals surface area contributed by atoms with Crippen LogP contribution < -0.4 is 4.90 Å². The first-order chi connectivity index (χ1) is 13.2. The molecule has 2 aromatic heterocycles. The van der Waals surface area contributed by atoms with E-state index in [2.05, 4.69) is 20.0 Å². The molecule has 0 unspecified atom stereocenters. The van der Waals surface area contributed by atoms with Gasteiger partial charge in [0.1, 0.15) is 18.4 Å². The third-order valence-electron chi connectivity index (χ3n) is 4.26. The number of phenols is 1. The van der Waals surface area contributed by atoms with Gasteiger partial charge < -0.3 is 19.6 Å². The summed E-state index contributed by atoms with van der Waals surface area (Å²) in [5.41, 5.74) is 2.93. The van der Waals surface area contributed by atoms with E-state index in [1.54, 1.807) is 30.6 Å². The third-order valence-corrected chi connectivity index (χ3v) is 4.26. The van der Waals surface area contributed by atoms with Crippen LogP contribution in [0.1, 0.15) is 5.56 Å². The molecule has 4 rings (SSSR count).